The normalized spacial score (nSPS) is 11.3. The van der Waals surface area contributed by atoms with E-state index in [1.54, 1.807) is 30.5 Å². The Morgan fingerprint density at radius 2 is 2.11 bits per heavy atom. The van der Waals surface area contributed by atoms with Gasteiger partial charge in [-0.15, -0.1) is 0 Å². The number of hydrogen-bond donors (Lipinski definition) is 1. The molecule has 4 nitrogen and oxygen atoms in total. The van der Waals surface area contributed by atoms with Crippen LogP contribution in [0.1, 0.15) is 0 Å². The third-order valence-electron chi connectivity index (χ3n) is 2.29. The highest BCUT2D eigenvalue weighted by molar-refractivity contribution is 5.99. The number of nitrogens with zero attached hydrogens (tertiary/aromatic N) is 1. The lowest BCUT2D eigenvalue weighted by molar-refractivity contribution is -0.159. The van der Waals surface area contributed by atoms with Crippen molar-refractivity contribution in [1.29, 1.82) is 0 Å². The molecule has 0 bridgehead atoms. The monoisotopic (exact) mass is 270 g/mol. The van der Waals surface area contributed by atoms with Crippen molar-refractivity contribution in [2.45, 2.75) is 6.18 Å². The first-order valence-corrected chi connectivity index (χ1v) is 5.29. The van der Waals surface area contributed by atoms with Gasteiger partial charge in [0.2, 0.25) is 0 Å². The maximum absolute atomic E-state index is 11.9. The molecule has 1 amide bonds. The van der Waals surface area contributed by atoms with Crippen LogP contribution in [-0.2, 0) is 4.74 Å². The van der Waals surface area contributed by atoms with Crippen molar-refractivity contribution >= 4 is 22.6 Å². The minimum atomic E-state index is -4.54. The number of rotatable bonds is 2. The molecule has 1 heterocycles. The minimum Gasteiger partial charge on any atom is -0.440 e. The Bertz CT molecular complexity index is 594. The molecule has 0 aliphatic heterocycles. The number of carbonyl (C=O) groups excluding carboxylic acids is 1. The van der Waals surface area contributed by atoms with Gasteiger partial charge in [0.15, 0.2) is 6.61 Å². The minimum absolute atomic E-state index is 0.345. The summed E-state index contributed by atoms with van der Waals surface area (Å²) >= 11 is 0. The number of alkyl halides is 3. The van der Waals surface area contributed by atoms with Gasteiger partial charge in [0, 0.05) is 17.8 Å². The highest BCUT2D eigenvalue weighted by atomic mass is 19.4. The molecule has 0 saturated heterocycles. The summed E-state index contributed by atoms with van der Waals surface area (Å²) in [4.78, 5) is 15.1. The summed E-state index contributed by atoms with van der Waals surface area (Å²) < 4.78 is 39.7. The molecule has 19 heavy (non-hydrogen) atoms. The molecule has 2 aromatic rings. The molecule has 0 fully saturated rings. The standard InChI is InChI=1S/C12H9F3N2O2/c13-12(14,15)7-19-11(18)17-10-3-1-2-8-4-5-16-6-9(8)10/h1-6H,7H2,(H,17,18). The molecule has 0 spiro atoms. The molecule has 1 aromatic heterocycles. The van der Waals surface area contributed by atoms with Crippen LogP contribution in [0, 0.1) is 0 Å². The number of pyridine rings is 1. The quantitative estimate of drug-likeness (QED) is 0.910. The summed E-state index contributed by atoms with van der Waals surface area (Å²) in [6.07, 6.45) is -2.62. The molecule has 1 aromatic carbocycles. The van der Waals surface area contributed by atoms with Gasteiger partial charge in [-0.2, -0.15) is 13.2 Å². The Morgan fingerprint density at radius 1 is 1.32 bits per heavy atom. The lowest BCUT2D eigenvalue weighted by Crippen LogP contribution is -2.23. The van der Waals surface area contributed by atoms with E-state index in [0.29, 0.717) is 11.1 Å². The van der Waals surface area contributed by atoms with Crippen LogP contribution < -0.4 is 5.32 Å². The van der Waals surface area contributed by atoms with Crippen molar-refractivity contribution in [2.75, 3.05) is 11.9 Å². The van der Waals surface area contributed by atoms with Gasteiger partial charge >= 0.3 is 12.3 Å². The van der Waals surface area contributed by atoms with E-state index >= 15 is 0 Å². The summed E-state index contributed by atoms with van der Waals surface area (Å²) in [7, 11) is 0. The van der Waals surface area contributed by atoms with Gasteiger partial charge in [-0.3, -0.25) is 10.3 Å². The number of fused-ring (bicyclic) bond motifs is 1. The molecular weight excluding hydrogens is 261 g/mol. The molecule has 7 heteroatoms. The van der Waals surface area contributed by atoms with E-state index in [1.807, 2.05) is 0 Å². The first-order valence-electron chi connectivity index (χ1n) is 5.29. The number of halogens is 3. The maximum Gasteiger partial charge on any atom is 0.422 e. The fourth-order valence-corrected chi connectivity index (χ4v) is 1.52. The van der Waals surface area contributed by atoms with E-state index in [0.717, 1.165) is 5.39 Å². The smallest absolute Gasteiger partial charge is 0.422 e. The van der Waals surface area contributed by atoms with Crippen LogP contribution in [0.25, 0.3) is 10.8 Å². The molecule has 0 aliphatic carbocycles. The van der Waals surface area contributed by atoms with E-state index < -0.39 is 18.9 Å². The molecule has 0 unspecified atom stereocenters. The van der Waals surface area contributed by atoms with Gasteiger partial charge < -0.3 is 4.74 Å². The Morgan fingerprint density at radius 3 is 2.84 bits per heavy atom. The first-order chi connectivity index (χ1) is 8.96. The zero-order valence-electron chi connectivity index (χ0n) is 9.57. The Balaban J connectivity index is 2.11. The van der Waals surface area contributed by atoms with Gasteiger partial charge in [0.1, 0.15) is 0 Å². The lowest BCUT2D eigenvalue weighted by Gasteiger charge is -2.10. The van der Waals surface area contributed by atoms with Crippen LogP contribution >= 0.6 is 0 Å². The van der Waals surface area contributed by atoms with Gasteiger partial charge in [-0.25, -0.2) is 4.79 Å². The second kappa shape index (κ2) is 5.13. The largest absolute Gasteiger partial charge is 0.440 e. The molecule has 2 rings (SSSR count). The Hall–Kier alpha value is -2.31. The second-order valence-corrected chi connectivity index (χ2v) is 3.72. The van der Waals surface area contributed by atoms with Gasteiger partial charge in [0.05, 0.1) is 5.69 Å². The number of ether oxygens (including phenoxy) is 1. The SMILES string of the molecule is O=C(Nc1cccc2ccncc12)OCC(F)(F)F. The van der Waals surface area contributed by atoms with E-state index in [2.05, 4.69) is 15.0 Å². The number of amides is 1. The topological polar surface area (TPSA) is 51.2 Å². The summed E-state index contributed by atoms with van der Waals surface area (Å²) in [5, 5.41) is 3.68. The molecule has 0 atom stereocenters. The van der Waals surface area contributed by atoms with Crippen molar-refractivity contribution in [3.8, 4) is 0 Å². The van der Waals surface area contributed by atoms with Gasteiger partial charge in [-0.05, 0) is 17.5 Å². The zero-order chi connectivity index (χ0) is 13.9. The van der Waals surface area contributed by atoms with Crippen LogP contribution in [-0.4, -0.2) is 23.9 Å². The van der Waals surface area contributed by atoms with Crippen LogP contribution in [0.15, 0.2) is 36.7 Å². The summed E-state index contributed by atoms with van der Waals surface area (Å²) in [6.45, 7) is -1.62. The summed E-state index contributed by atoms with van der Waals surface area (Å²) in [5.74, 6) is 0. The molecule has 0 aliphatic rings. The number of nitrogens with one attached hydrogen (secondary N) is 1. The van der Waals surface area contributed by atoms with Crippen molar-refractivity contribution in [2.24, 2.45) is 0 Å². The molecule has 100 valence electrons. The van der Waals surface area contributed by atoms with Crippen molar-refractivity contribution < 1.29 is 22.7 Å². The molecule has 0 radical (unpaired) electrons. The fourth-order valence-electron chi connectivity index (χ4n) is 1.52. The fraction of sp³-hybridized carbons (Fsp3) is 0.167. The number of benzene rings is 1. The lowest BCUT2D eigenvalue weighted by atomic mass is 10.1. The van der Waals surface area contributed by atoms with Gasteiger partial charge in [0.25, 0.3) is 0 Å². The zero-order valence-corrected chi connectivity index (χ0v) is 9.57. The third kappa shape index (κ3) is 3.57. The van der Waals surface area contributed by atoms with E-state index in [1.165, 1.54) is 6.20 Å². The first kappa shape index (κ1) is 13.1. The molecule has 1 N–H and O–H groups in total. The average Bonchev–Trinajstić information content (AvgIpc) is 2.36. The highest BCUT2D eigenvalue weighted by Crippen LogP contribution is 2.22. The number of carbonyl (C=O) groups is 1. The number of anilines is 1. The van der Waals surface area contributed by atoms with Crippen molar-refractivity contribution in [1.82, 2.24) is 4.98 Å². The Kier molecular flexibility index (Phi) is 3.55. The summed E-state index contributed by atoms with van der Waals surface area (Å²) in [5.41, 5.74) is 0.345. The average molecular weight is 270 g/mol. The van der Waals surface area contributed by atoms with Crippen LogP contribution in [0.2, 0.25) is 0 Å². The van der Waals surface area contributed by atoms with Crippen LogP contribution in [0.5, 0.6) is 0 Å². The predicted molar refractivity (Wildman–Crippen MR) is 62.8 cm³/mol. The van der Waals surface area contributed by atoms with E-state index in [4.69, 9.17) is 0 Å². The van der Waals surface area contributed by atoms with Crippen molar-refractivity contribution in [3.05, 3.63) is 36.7 Å². The Labute approximate surface area is 106 Å². The number of hydrogen-bond acceptors (Lipinski definition) is 3. The predicted octanol–water partition coefficient (Wildman–Crippen LogP) is 3.35. The molecular formula is C12H9F3N2O2. The number of aromatic nitrogens is 1. The van der Waals surface area contributed by atoms with Crippen molar-refractivity contribution in [3.63, 3.8) is 0 Å². The van der Waals surface area contributed by atoms with E-state index in [9.17, 15) is 18.0 Å². The van der Waals surface area contributed by atoms with Gasteiger partial charge in [-0.1, -0.05) is 12.1 Å². The van der Waals surface area contributed by atoms with Crippen LogP contribution in [0.3, 0.4) is 0 Å². The molecule has 0 saturated carbocycles. The maximum atomic E-state index is 11.9. The second-order valence-electron chi connectivity index (χ2n) is 3.72. The van der Waals surface area contributed by atoms with Crippen LogP contribution in [0.4, 0.5) is 23.7 Å². The highest BCUT2D eigenvalue weighted by Gasteiger charge is 2.29. The van der Waals surface area contributed by atoms with E-state index in [-0.39, 0.29) is 0 Å². The third-order valence-corrected chi connectivity index (χ3v) is 2.29. The summed E-state index contributed by atoms with van der Waals surface area (Å²) in [6, 6.07) is 6.74.